The number of aliphatic imine (C=N–C) groups is 1. The van der Waals surface area contributed by atoms with E-state index < -0.39 is 0 Å². The minimum Gasteiger partial charge on any atom is -0.492 e. The fourth-order valence-corrected chi connectivity index (χ4v) is 2.97. The SMILES string of the molecule is CN=C(NCCc1c(C)noc1C)N(C)CCOc1cc(C)cc(C)c1. The zero-order valence-electron chi connectivity index (χ0n) is 16.7. The van der Waals surface area contributed by atoms with Crippen molar-refractivity contribution in [3.8, 4) is 5.75 Å². The van der Waals surface area contributed by atoms with Crippen LogP contribution in [0.4, 0.5) is 0 Å². The second-order valence-electron chi connectivity index (χ2n) is 6.62. The lowest BCUT2D eigenvalue weighted by atomic mass is 10.1. The lowest BCUT2D eigenvalue weighted by molar-refractivity contribution is 0.281. The molecule has 2 aromatic rings. The van der Waals surface area contributed by atoms with E-state index >= 15 is 0 Å². The molecule has 6 heteroatoms. The van der Waals surface area contributed by atoms with Gasteiger partial charge in [-0.3, -0.25) is 4.99 Å². The molecule has 6 nitrogen and oxygen atoms in total. The summed E-state index contributed by atoms with van der Waals surface area (Å²) in [4.78, 5) is 6.41. The van der Waals surface area contributed by atoms with Crippen molar-refractivity contribution in [2.75, 3.05) is 33.8 Å². The zero-order chi connectivity index (χ0) is 19.1. The van der Waals surface area contributed by atoms with E-state index in [0.29, 0.717) is 6.61 Å². The molecule has 1 N–H and O–H groups in total. The molecule has 2 rings (SSSR count). The minimum atomic E-state index is 0.601. The molecule has 0 aliphatic rings. The second kappa shape index (κ2) is 9.27. The lowest BCUT2D eigenvalue weighted by Crippen LogP contribution is -2.41. The van der Waals surface area contributed by atoms with Gasteiger partial charge in [0.15, 0.2) is 5.96 Å². The zero-order valence-corrected chi connectivity index (χ0v) is 16.7. The lowest BCUT2D eigenvalue weighted by Gasteiger charge is -2.22. The summed E-state index contributed by atoms with van der Waals surface area (Å²) in [6.45, 7) is 10.2. The van der Waals surface area contributed by atoms with Gasteiger partial charge in [-0.15, -0.1) is 0 Å². The molecule has 1 aromatic heterocycles. The fraction of sp³-hybridized carbons (Fsp3) is 0.500. The number of aromatic nitrogens is 1. The first-order valence-corrected chi connectivity index (χ1v) is 8.95. The highest BCUT2D eigenvalue weighted by molar-refractivity contribution is 5.79. The molecule has 0 radical (unpaired) electrons. The Morgan fingerprint density at radius 1 is 1.19 bits per heavy atom. The van der Waals surface area contributed by atoms with Gasteiger partial charge >= 0.3 is 0 Å². The fourth-order valence-electron chi connectivity index (χ4n) is 2.97. The molecule has 0 saturated heterocycles. The average molecular weight is 358 g/mol. The Kier molecular flexibility index (Phi) is 7.06. The minimum absolute atomic E-state index is 0.601. The van der Waals surface area contributed by atoms with Crippen LogP contribution in [0.25, 0.3) is 0 Å². The van der Waals surface area contributed by atoms with Gasteiger partial charge in [0.2, 0.25) is 0 Å². The third-order valence-corrected chi connectivity index (χ3v) is 4.30. The van der Waals surface area contributed by atoms with Crippen molar-refractivity contribution in [3.05, 3.63) is 46.3 Å². The molecule has 1 aromatic carbocycles. The topological polar surface area (TPSA) is 62.9 Å². The molecule has 0 aliphatic heterocycles. The summed E-state index contributed by atoms with van der Waals surface area (Å²) in [5.41, 5.74) is 4.54. The van der Waals surface area contributed by atoms with Gasteiger partial charge in [-0.1, -0.05) is 11.2 Å². The van der Waals surface area contributed by atoms with Crippen molar-refractivity contribution in [1.82, 2.24) is 15.4 Å². The van der Waals surface area contributed by atoms with Crippen LogP contribution >= 0.6 is 0 Å². The maximum Gasteiger partial charge on any atom is 0.193 e. The number of nitrogens with zero attached hydrogens (tertiary/aromatic N) is 3. The van der Waals surface area contributed by atoms with Gasteiger partial charge in [-0.2, -0.15) is 0 Å². The molecular formula is C20H30N4O2. The number of hydrogen-bond acceptors (Lipinski definition) is 4. The van der Waals surface area contributed by atoms with Gasteiger partial charge in [-0.05, 0) is 57.4 Å². The average Bonchev–Trinajstić information content (AvgIpc) is 2.89. The van der Waals surface area contributed by atoms with Crippen LogP contribution in [0.15, 0.2) is 27.7 Å². The predicted octanol–water partition coefficient (Wildman–Crippen LogP) is 3.04. The summed E-state index contributed by atoms with van der Waals surface area (Å²) in [5, 5.41) is 7.37. The van der Waals surface area contributed by atoms with E-state index in [1.807, 2.05) is 20.9 Å². The Labute approximate surface area is 156 Å². The van der Waals surface area contributed by atoms with Crippen molar-refractivity contribution >= 4 is 5.96 Å². The molecule has 0 amide bonds. The van der Waals surface area contributed by atoms with Crippen molar-refractivity contribution in [2.24, 2.45) is 4.99 Å². The normalized spacial score (nSPS) is 11.5. The van der Waals surface area contributed by atoms with Crippen LogP contribution in [0.5, 0.6) is 5.75 Å². The summed E-state index contributed by atoms with van der Waals surface area (Å²) in [7, 11) is 3.80. The Bertz CT molecular complexity index is 713. The molecule has 0 atom stereocenters. The molecule has 0 spiro atoms. The first-order valence-electron chi connectivity index (χ1n) is 8.95. The third-order valence-electron chi connectivity index (χ3n) is 4.30. The molecule has 0 aliphatic carbocycles. The number of nitrogens with one attached hydrogen (secondary N) is 1. The first kappa shape index (κ1) is 19.8. The quantitative estimate of drug-likeness (QED) is 0.609. The van der Waals surface area contributed by atoms with Crippen LogP contribution in [0.1, 0.15) is 28.1 Å². The molecule has 0 fully saturated rings. The molecule has 1 heterocycles. The second-order valence-corrected chi connectivity index (χ2v) is 6.62. The van der Waals surface area contributed by atoms with Crippen LogP contribution in [0.3, 0.4) is 0 Å². The van der Waals surface area contributed by atoms with Crippen molar-refractivity contribution in [2.45, 2.75) is 34.1 Å². The summed E-state index contributed by atoms with van der Waals surface area (Å²) in [6.07, 6.45) is 0.854. The van der Waals surface area contributed by atoms with Crippen molar-refractivity contribution in [1.29, 1.82) is 0 Å². The largest absolute Gasteiger partial charge is 0.492 e. The highest BCUT2D eigenvalue weighted by Crippen LogP contribution is 2.16. The van der Waals surface area contributed by atoms with E-state index in [9.17, 15) is 0 Å². The molecular weight excluding hydrogens is 328 g/mol. The molecule has 26 heavy (non-hydrogen) atoms. The number of rotatable bonds is 7. The number of likely N-dealkylation sites (N-methyl/N-ethyl adjacent to an activating group) is 1. The Morgan fingerprint density at radius 2 is 1.88 bits per heavy atom. The molecule has 0 unspecified atom stereocenters. The monoisotopic (exact) mass is 358 g/mol. The number of ether oxygens (including phenoxy) is 1. The van der Waals surface area contributed by atoms with Crippen LogP contribution in [-0.4, -0.2) is 49.8 Å². The van der Waals surface area contributed by atoms with E-state index in [0.717, 1.165) is 48.2 Å². The Hall–Kier alpha value is -2.50. The van der Waals surface area contributed by atoms with E-state index in [1.54, 1.807) is 7.05 Å². The highest BCUT2D eigenvalue weighted by atomic mass is 16.5. The van der Waals surface area contributed by atoms with Gasteiger partial charge in [0, 0.05) is 26.2 Å². The smallest absolute Gasteiger partial charge is 0.193 e. The number of benzene rings is 1. The molecule has 142 valence electrons. The van der Waals surface area contributed by atoms with Gasteiger partial charge in [0.05, 0.1) is 12.2 Å². The molecule has 0 bridgehead atoms. The van der Waals surface area contributed by atoms with Gasteiger partial charge in [0.1, 0.15) is 18.1 Å². The predicted molar refractivity (Wildman–Crippen MR) is 105 cm³/mol. The maximum atomic E-state index is 5.88. The highest BCUT2D eigenvalue weighted by Gasteiger charge is 2.10. The first-order chi connectivity index (χ1) is 12.4. The maximum absolute atomic E-state index is 5.88. The van der Waals surface area contributed by atoms with Gasteiger partial charge in [0.25, 0.3) is 0 Å². The third kappa shape index (κ3) is 5.51. The van der Waals surface area contributed by atoms with Crippen LogP contribution in [0.2, 0.25) is 0 Å². The summed E-state index contributed by atoms with van der Waals surface area (Å²) in [6, 6.07) is 6.26. The van der Waals surface area contributed by atoms with Crippen LogP contribution in [-0.2, 0) is 6.42 Å². The van der Waals surface area contributed by atoms with E-state index in [1.165, 1.54) is 11.1 Å². The summed E-state index contributed by atoms with van der Waals surface area (Å²) >= 11 is 0. The number of aryl methyl sites for hydroxylation is 4. The van der Waals surface area contributed by atoms with E-state index in [4.69, 9.17) is 9.26 Å². The van der Waals surface area contributed by atoms with Crippen molar-refractivity contribution in [3.63, 3.8) is 0 Å². The summed E-state index contributed by atoms with van der Waals surface area (Å²) in [5.74, 6) is 2.65. The van der Waals surface area contributed by atoms with Gasteiger partial charge in [-0.25, -0.2) is 0 Å². The molecule has 0 saturated carbocycles. The van der Waals surface area contributed by atoms with E-state index in [-0.39, 0.29) is 0 Å². The van der Waals surface area contributed by atoms with Crippen molar-refractivity contribution < 1.29 is 9.26 Å². The number of hydrogen-bond donors (Lipinski definition) is 1. The Balaban J connectivity index is 1.78. The van der Waals surface area contributed by atoms with Gasteiger partial charge < -0.3 is 19.5 Å². The van der Waals surface area contributed by atoms with Crippen LogP contribution in [0, 0.1) is 27.7 Å². The van der Waals surface area contributed by atoms with E-state index in [2.05, 4.69) is 52.4 Å². The number of guanidine groups is 1. The standard InChI is InChI=1S/C20H30N4O2/c1-14-11-15(2)13-18(12-14)25-10-9-24(6)20(21-5)22-8-7-19-16(3)23-26-17(19)4/h11-13H,7-10H2,1-6H3,(H,21,22). The summed E-state index contributed by atoms with van der Waals surface area (Å²) < 4.78 is 11.1. The Morgan fingerprint density at radius 3 is 2.46 bits per heavy atom. The van der Waals surface area contributed by atoms with Crippen LogP contribution < -0.4 is 10.1 Å².